The van der Waals surface area contributed by atoms with Crippen LogP contribution in [0.1, 0.15) is 0 Å². The fraction of sp³-hybridized carbons (Fsp3) is 1.00. The first-order valence-corrected chi connectivity index (χ1v) is 6.16. The van der Waals surface area contributed by atoms with Crippen LogP contribution in [0, 0.1) is 0 Å². The Labute approximate surface area is 75.4 Å². The van der Waals surface area contributed by atoms with E-state index in [9.17, 15) is 0 Å². The molecule has 2 rings (SSSR count). The Hall–Kier alpha value is 0.620. The summed E-state index contributed by atoms with van der Waals surface area (Å²) in [6.45, 7) is 1.70. The standard InChI is InChI=1S/C7H12O2S2/c1-3-10-5-7(8-1)6-11-4-2-9-7/h1-6H2. The lowest BCUT2D eigenvalue weighted by atomic mass is 10.3. The van der Waals surface area contributed by atoms with Crippen molar-refractivity contribution in [3.63, 3.8) is 0 Å². The fourth-order valence-electron chi connectivity index (χ4n) is 1.28. The summed E-state index contributed by atoms with van der Waals surface area (Å²) in [6.07, 6.45) is 0. The molecule has 0 radical (unpaired) electrons. The predicted octanol–water partition coefficient (Wildman–Crippen LogP) is 1.21. The third-order valence-corrected chi connectivity index (χ3v) is 4.03. The molecule has 2 saturated heterocycles. The second kappa shape index (κ2) is 3.56. The van der Waals surface area contributed by atoms with Gasteiger partial charge in [-0.1, -0.05) is 0 Å². The highest BCUT2D eigenvalue weighted by Crippen LogP contribution is 2.31. The van der Waals surface area contributed by atoms with Crippen molar-refractivity contribution in [2.45, 2.75) is 5.79 Å². The van der Waals surface area contributed by atoms with Crippen molar-refractivity contribution in [2.24, 2.45) is 0 Å². The topological polar surface area (TPSA) is 18.5 Å². The molecule has 0 aromatic heterocycles. The summed E-state index contributed by atoms with van der Waals surface area (Å²) in [5.41, 5.74) is 0. The van der Waals surface area contributed by atoms with Gasteiger partial charge in [0.05, 0.1) is 13.2 Å². The SMILES string of the molecule is C1CSCC2(CSCCO2)O1. The minimum absolute atomic E-state index is 0.216. The van der Waals surface area contributed by atoms with Crippen LogP contribution in [0.4, 0.5) is 0 Å². The fourth-order valence-corrected chi connectivity index (χ4v) is 3.26. The van der Waals surface area contributed by atoms with Crippen LogP contribution < -0.4 is 0 Å². The summed E-state index contributed by atoms with van der Waals surface area (Å²) in [5, 5.41) is 0. The Morgan fingerprint density at radius 1 is 0.909 bits per heavy atom. The highest BCUT2D eigenvalue weighted by molar-refractivity contribution is 8.00. The Bertz CT molecular complexity index is 109. The molecular formula is C7H12O2S2. The minimum Gasteiger partial charge on any atom is -0.347 e. The molecule has 0 atom stereocenters. The summed E-state index contributed by atoms with van der Waals surface area (Å²) in [4.78, 5) is 0. The maximum atomic E-state index is 5.64. The second-order valence-corrected chi connectivity index (χ2v) is 4.92. The smallest absolute Gasteiger partial charge is 0.186 e. The van der Waals surface area contributed by atoms with Crippen molar-refractivity contribution in [2.75, 3.05) is 36.2 Å². The second-order valence-electron chi connectivity index (χ2n) is 2.71. The van der Waals surface area contributed by atoms with Crippen molar-refractivity contribution in [1.29, 1.82) is 0 Å². The predicted molar refractivity (Wildman–Crippen MR) is 49.3 cm³/mol. The van der Waals surface area contributed by atoms with Gasteiger partial charge in [0.1, 0.15) is 0 Å². The lowest BCUT2D eigenvalue weighted by Crippen LogP contribution is -2.47. The molecule has 0 unspecified atom stereocenters. The molecule has 0 aromatic rings. The van der Waals surface area contributed by atoms with Gasteiger partial charge < -0.3 is 9.47 Å². The highest BCUT2D eigenvalue weighted by Gasteiger charge is 2.36. The third-order valence-electron chi connectivity index (χ3n) is 1.83. The molecule has 2 fully saturated rings. The van der Waals surface area contributed by atoms with E-state index in [2.05, 4.69) is 0 Å². The zero-order valence-electron chi connectivity index (χ0n) is 6.38. The Morgan fingerprint density at radius 2 is 1.45 bits per heavy atom. The quantitative estimate of drug-likeness (QED) is 0.574. The van der Waals surface area contributed by atoms with Gasteiger partial charge >= 0.3 is 0 Å². The van der Waals surface area contributed by atoms with E-state index in [1.165, 1.54) is 0 Å². The van der Waals surface area contributed by atoms with Crippen LogP contribution in [0.25, 0.3) is 0 Å². The van der Waals surface area contributed by atoms with Crippen LogP contribution in [-0.4, -0.2) is 42.0 Å². The summed E-state index contributed by atoms with van der Waals surface area (Å²) in [6, 6.07) is 0. The van der Waals surface area contributed by atoms with Crippen LogP contribution in [0.3, 0.4) is 0 Å². The van der Waals surface area contributed by atoms with Gasteiger partial charge in [-0.2, -0.15) is 23.5 Å². The number of rotatable bonds is 0. The molecule has 1 spiro atoms. The molecule has 4 heteroatoms. The summed E-state index contributed by atoms with van der Waals surface area (Å²) >= 11 is 3.87. The normalized spacial score (nSPS) is 30.5. The molecule has 0 aromatic carbocycles. The van der Waals surface area contributed by atoms with Crippen molar-refractivity contribution in [1.82, 2.24) is 0 Å². The van der Waals surface area contributed by atoms with Crippen LogP contribution in [0.15, 0.2) is 0 Å². The third kappa shape index (κ3) is 1.86. The van der Waals surface area contributed by atoms with E-state index in [0.717, 1.165) is 36.2 Å². The van der Waals surface area contributed by atoms with Crippen LogP contribution >= 0.6 is 23.5 Å². The van der Waals surface area contributed by atoms with E-state index in [4.69, 9.17) is 9.47 Å². The highest BCUT2D eigenvalue weighted by atomic mass is 32.2. The molecule has 2 aliphatic heterocycles. The van der Waals surface area contributed by atoms with E-state index in [0.29, 0.717) is 0 Å². The zero-order chi connectivity index (χ0) is 7.57. The molecular weight excluding hydrogens is 180 g/mol. The molecule has 0 saturated carbocycles. The number of hydrogen-bond acceptors (Lipinski definition) is 4. The lowest BCUT2D eigenvalue weighted by Gasteiger charge is -2.38. The van der Waals surface area contributed by atoms with Gasteiger partial charge in [0.2, 0.25) is 0 Å². The van der Waals surface area contributed by atoms with E-state index >= 15 is 0 Å². The van der Waals surface area contributed by atoms with Gasteiger partial charge in [-0.15, -0.1) is 0 Å². The van der Waals surface area contributed by atoms with Crippen molar-refractivity contribution in [3.05, 3.63) is 0 Å². The molecule has 0 bridgehead atoms. The van der Waals surface area contributed by atoms with E-state index in [1.54, 1.807) is 0 Å². The average Bonchev–Trinajstić information content (AvgIpc) is 2.07. The lowest BCUT2D eigenvalue weighted by molar-refractivity contribution is -0.205. The Balaban J connectivity index is 1.94. The van der Waals surface area contributed by atoms with Gasteiger partial charge in [0, 0.05) is 23.0 Å². The summed E-state index contributed by atoms with van der Waals surface area (Å²) in [7, 11) is 0. The van der Waals surface area contributed by atoms with Gasteiger partial charge in [-0.3, -0.25) is 0 Å². The first-order valence-electron chi connectivity index (χ1n) is 3.85. The minimum atomic E-state index is -0.216. The molecule has 0 N–H and O–H groups in total. The first kappa shape index (κ1) is 8.23. The number of hydrogen-bond donors (Lipinski definition) is 0. The largest absolute Gasteiger partial charge is 0.347 e. The Morgan fingerprint density at radius 3 is 1.82 bits per heavy atom. The molecule has 0 amide bonds. The van der Waals surface area contributed by atoms with Crippen molar-refractivity contribution < 1.29 is 9.47 Å². The maximum absolute atomic E-state index is 5.64. The van der Waals surface area contributed by atoms with Crippen molar-refractivity contribution in [3.8, 4) is 0 Å². The Kier molecular flexibility index (Phi) is 2.66. The van der Waals surface area contributed by atoms with Gasteiger partial charge in [0.15, 0.2) is 5.79 Å². The monoisotopic (exact) mass is 192 g/mol. The molecule has 2 aliphatic rings. The first-order chi connectivity index (χ1) is 5.41. The van der Waals surface area contributed by atoms with E-state index in [1.807, 2.05) is 23.5 Å². The van der Waals surface area contributed by atoms with Crippen LogP contribution in [0.2, 0.25) is 0 Å². The number of ether oxygens (including phenoxy) is 2. The van der Waals surface area contributed by atoms with Crippen LogP contribution in [0.5, 0.6) is 0 Å². The van der Waals surface area contributed by atoms with Gasteiger partial charge in [-0.25, -0.2) is 0 Å². The van der Waals surface area contributed by atoms with Gasteiger partial charge in [-0.05, 0) is 0 Å². The van der Waals surface area contributed by atoms with E-state index in [-0.39, 0.29) is 5.79 Å². The summed E-state index contributed by atoms with van der Waals surface area (Å²) in [5.74, 6) is 4.05. The van der Waals surface area contributed by atoms with E-state index < -0.39 is 0 Å². The van der Waals surface area contributed by atoms with Crippen molar-refractivity contribution >= 4 is 23.5 Å². The average molecular weight is 192 g/mol. The molecule has 2 nitrogen and oxygen atoms in total. The maximum Gasteiger partial charge on any atom is 0.186 e. The summed E-state index contributed by atoms with van der Waals surface area (Å²) < 4.78 is 11.3. The molecule has 2 heterocycles. The number of thioether (sulfide) groups is 2. The molecule has 64 valence electrons. The van der Waals surface area contributed by atoms with Crippen LogP contribution in [-0.2, 0) is 9.47 Å². The van der Waals surface area contributed by atoms with Gasteiger partial charge in [0.25, 0.3) is 0 Å². The molecule has 0 aliphatic carbocycles. The molecule has 11 heavy (non-hydrogen) atoms. The zero-order valence-corrected chi connectivity index (χ0v) is 8.01.